The van der Waals surface area contributed by atoms with Crippen LogP contribution in [0.25, 0.3) is 0 Å². The smallest absolute Gasteiger partial charge is 0.193 e. The van der Waals surface area contributed by atoms with E-state index in [9.17, 15) is 4.79 Å². The zero-order valence-corrected chi connectivity index (χ0v) is 24.0. The molecule has 0 spiro atoms. The molecule has 0 radical (unpaired) electrons. The first-order chi connectivity index (χ1) is 15.9. The van der Waals surface area contributed by atoms with Crippen LogP contribution < -0.4 is 0 Å². The van der Waals surface area contributed by atoms with Crippen molar-refractivity contribution >= 4 is 22.4 Å². The van der Waals surface area contributed by atoms with Crippen LogP contribution in [-0.2, 0) is 20.1 Å². The highest BCUT2D eigenvalue weighted by Crippen LogP contribution is 2.48. The van der Waals surface area contributed by atoms with Crippen LogP contribution in [0.3, 0.4) is 0 Å². The minimum Gasteiger partial charge on any atom is -0.408 e. The minimum absolute atomic E-state index is 0.113. The van der Waals surface area contributed by atoms with Crippen LogP contribution in [0, 0.1) is 0 Å². The number of carbonyl (C=O) groups excluding carboxylic acids is 1. The van der Waals surface area contributed by atoms with Gasteiger partial charge in [0.15, 0.2) is 22.4 Å². The lowest BCUT2D eigenvalue weighted by Gasteiger charge is -2.39. The fraction of sp³-hybridized carbons (Fsp3) is 0.552. The SMILES string of the molecule is C[Si](C)(C)OC1(c2ccccc2C(=O)c2ccccc2C2(O[Si](C)(C)C)CCCC2)CCCC1. The van der Waals surface area contributed by atoms with Gasteiger partial charge in [0.05, 0.1) is 11.2 Å². The minimum atomic E-state index is -1.81. The quantitative estimate of drug-likeness (QED) is 0.274. The molecule has 0 aliphatic heterocycles. The van der Waals surface area contributed by atoms with Crippen molar-refractivity contribution in [2.75, 3.05) is 0 Å². The Kier molecular flexibility index (Phi) is 7.13. The standard InChI is InChI=1S/C29H42O3Si2/c1-33(2,3)31-28(19-11-12-20-28)25-17-9-7-15-23(25)27(30)24-16-8-10-18-26(24)29(21-13-14-22-29)32-34(4,5)6/h7-10,15-18H,11-14,19-22H2,1-6H3. The van der Waals surface area contributed by atoms with Gasteiger partial charge in [-0.2, -0.15) is 0 Å². The van der Waals surface area contributed by atoms with E-state index in [1.165, 1.54) is 0 Å². The summed E-state index contributed by atoms with van der Waals surface area (Å²) in [5, 5.41) is 0. The average molecular weight is 495 g/mol. The van der Waals surface area contributed by atoms with Gasteiger partial charge in [-0.15, -0.1) is 0 Å². The molecular weight excluding hydrogens is 452 g/mol. The average Bonchev–Trinajstić information content (AvgIpc) is 3.42. The van der Waals surface area contributed by atoms with Crippen LogP contribution in [-0.4, -0.2) is 22.4 Å². The molecule has 5 heteroatoms. The molecule has 0 amide bonds. The molecule has 0 heterocycles. The van der Waals surface area contributed by atoms with Gasteiger partial charge in [0.1, 0.15) is 0 Å². The summed E-state index contributed by atoms with van der Waals surface area (Å²) in [6.07, 6.45) is 8.57. The van der Waals surface area contributed by atoms with Gasteiger partial charge in [0, 0.05) is 11.1 Å². The molecule has 0 bridgehead atoms. The van der Waals surface area contributed by atoms with E-state index in [-0.39, 0.29) is 17.0 Å². The third-order valence-electron chi connectivity index (χ3n) is 7.15. The number of hydrogen-bond acceptors (Lipinski definition) is 3. The fourth-order valence-corrected chi connectivity index (χ4v) is 9.19. The molecule has 2 saturated carbocycles. The molecule has 184 valence electrons. The molecule has 2 aromatic carbocycles. The van der Waals surface area contributed by atoms with Crippen molar-refractivity contribution in [2.24, 2.45) is 0 Å². The molecule has 4 rings (SSSR count). The van der Waals surface area contributed by atoms with Crippen LogP contribution in [0.5, 0.6) is 0 Å². The lowest BCUT2D eigenvalue weighted by atomic mass is 9.82. The second-order valence-corrected chi connectivity index (χ2v) is 21.1. The monoisotopic (exact) mass is 494 g/mol. The number of rotatable bonds is 8. The third-order valence-corrected chi connectivity index (χ3v) is 9.16. The highest BCUT2D eigenvalue weighted by Gasteiger charge is 2.44. The fourth-order valence-electron chi connectivity index (χ4n) is 6.22. The first kappa shape index (κ1) is 25.6. The molecule has 34 heavy (non-hydrogen) atoms. The first-order valence-corrected chi connectivity index (χ1v) is 19.9. The Bertz CT molecular complexity index is 939. The van der Waals surface area contributed by atoms with Crippen molar-refractivity contribution in [3.63, 3.8) is 0 Å². The molecule has 2 aromatic rings. The van der Waals surface area contributed by atoms with Crippen LogP contribution in [0.4, 0.5) is 0 Å². The molecule has 3 nitrogen and oxygen atoms in total. The number of hydrogen-bond donors (Lipinski definition) is 0. The van der Waals surface area contributed by atoms with Gasteiger partial charge in [-0.3, -0.25) is 4.79 Å². The molecular formula is C29H42O3Si2. The van der Waals surface area contributed by atoms with Crippen molar-refractivity contribution in [3.05, 3.63) is 70.8 Å². The zero-order chi connectivity index (χ0) is 24.6. The Morgan fingerprint density at radius 2 is 0.941 bits per heavy atom. The van der Waals surface area contributed by atoms with E-state index in [2.05, 4.69) is 63.5 Å². The summed E-state index contributed by atoms with van der Waals surface area (Å²) in [5.74, 6) is 0.113. The van der Waals surface area contributed by atoms with Crippen LogP contribution in [0.15, 0.2) is 48.5 Å². The molecule has 2 fully saturated rings. The molecule has 0 unspecified atom stereocenters. The van der Waals surface area contributed by atoms with Crippen molar-refractivity contribution in [3.8, 4) is 0 Å². The molecule has 0 N–H and O–H groups in total. The summed E-state index contributed by atoms with van der Waals surface area (Å²) in [5.41, 5.74) is 3.09. The third kappa shape index (κ3) is 5.33. The maximum Gasteiger partial charge on any atom is 0.193 e. The summed E-state index contributed by atoms with van der Waals surface area (Å²) >= 11 is 0. The lowest BCUT2D eigenvalue weighted by molar-refractivity contribution is 0.0620. The Hall–Kier alpha value is -1.54. The summed E-state index contributed by atoms with van der Waals surface area (Å²) in [7, 11) is -3.62. The van der Waals surface area contributed by atoms with Gasteiger partial charge in [-0.1, -0.05) is 74.2 Å². The van der Waals surface area contributed by atoms with Gasteiger partial charge in [-0.25, -0.2) is 0 Å². The molecule has 2 aliphatic rings. The van der Waals surface area contributed by atoms with Gasteiger partial charge in [0.25, 0.3) is 0 Å². The van der Waals surface area contributed by atoms with Gasteiger partial charge in [-0.05, 0) is 76.1 Å². The Morgan fingerprint density at radius 1 is 0.618 bits per heavy atom. The topological polar surface area (TPSA) is 35.5 Å². The molecule has 0 aromatic heterocycles. The van der Waals surface area contributed by atoms with E-state index in [4.69, 9.17) is 8.85 Å². The summed E-state index contributed by atoms with van der Waals surface area (Å²) in [6.45, 7) is 13.5. The predicted molar refractivity (Wildman–Crippen MR) is 145 cm³/mol. The number of ketones is 1. The normalized spacial score (nSPS) is 19.9. The first-order valence-electron chi connectivity index (χ1n) is 13.1. The molecule has 2 aliphatic carbocycles. The molecule has 0 saturated heterocycles. The van der Waals surface area contributed by atoms with Gasteiger partial charge in [0.2, 0.25) is 0 Å². The summed E-state index contributed by atoms with van der Waals surface area (Å²) in [6, 6.07) is 16.5. The van der Waals surface area contributed by atoms with Crippen molar-refractivity contribution < 1.29 is 13.6 Å². The van der Waals surface area contributed by atoms with Crippen LogP contribution in [0.2, 0.25) is 39.3 Å². The van der Waals surface area contributed by atoms with E-state index in [0.717, 1.165) is 73.6 Å². The maximum atomic E-state index is 14.3. The Morgan fingerprint density at radius 3 is 1.26 bits per heavy atom. The zero-order valence-electron chi connectivity index (χ0n) is 22.0. The lowest BCUT2D eigenvalue weighted by Crippen LogP contribution is -2.40. The molecule has 0 atom stereocenters. The van der Waals surface area contributed by atoms with Crippen LogP contribution >= 0.6 is 0 Å². The van der Waals surface area contributed by atoms with E-state index in [1.807, 2.05) is 24.3 Å². The van der Waals surface area contributed by atoms with Crippen molar-refractivity contribution in [1.29, 1.82) is 0 Å². The van der Waals surface area contributed by atoms with E-state index in [0.29, 0.717) is 0 Å². The van der Waals surface area contributed by atoms with Gasteiger partial charge < -0.3 is 8.85 Å². The Balaban J connectivity index is 1.81. The van der Waals surface area contributed by atoms with E-state index < -0.39 is 16.6 Å². The Labute approximate surface area is 208 Å². The highest BCUT2D eigenvalue weighted by atomic mass is 28.4. The summed E-state index contributed by atoms with van der Waals surface area (Å²) < 4.78 is 13.8. The highest BCUT2D eigenvalue weighted by molar-refractivity contribution is 6.70. The summed E-state index contributed by atoms with van der Waals surface area (Å²) in [4.78, 5) is 14.3. The maximum absolute atomic E-state index is 14.3. The van der Waals surface area contributed by atoms with Crippen molar-refractivity contribution in [2.45, 2.75) is 102 Å². The predicted octanol–water partition coefficient (Wildman–Crippen LogP) is 8.16. The largest absolute Gasteiger partial charge is 0.408 e. The second kappa shape index (κ2) is 9.49. The van der Waals surface area contributed by atoms with Crippen LogP contribution in [0.1, 0.15) is 78.4 Å². The number of benzene rings is 2. The second-order valence-electron chi connectivity index (χ2n) is 12.3. The van der Waals surface area contributed by atoms with Crippen molar-refractivity contribution in [1.82, 2.24) is 0 Å². The number of carbonyl (C=O) groups is 1. The van der Waals surface area contributed by atoms with E-state index >= 15 is 0 Å². The van der Waals surface area contributed by atoms with Gasteiger partial charge >= 0.3 is 0 Å². The van der Waals surface area contributed by atoms with E-state index in [1.54, 1.807) is 0 Å².